The Morgan fingerprint density at radius 1 is 1.33 bits per heavy atom. The molecule has 0 aromatic heterocycles. The van der Waals surface area contributed by atoms with Gasteiger partial charge in [-0.2, -0.15) is 13.2 Å². The van der Waals surface area contributed by atoms with E-state index in [0.29, 0.717) is 0 Å². The summed E-state index contributed by atoms with van der Waals surface area (Å²) in [6, 6.07) is 0. The molecule has 0 rings (SSSR count). The number of hydrogen-bond donors (Lipinski definition) is 3. The lowest BCUT2D eigenvalue weighted by atomic mass is 10.2. The fourth-order valence-corrected chi connectivity index (χ4v) is 0.899. The van der Waals surface area contributed by atoms with Gasteiger partial charge in [-0.05, 0) is 13.0 Å². The van der Waals surface area contributed by atoms with Crippen LogP contribution < -0.4 is 5.32 Å². The molecule has 2 unspecified atom stereocenters. The molecule has 0 fully saturated rings. The maximum absolute atomic E-state index is 11.8. The Morgan fingerprint density at radius 2 is 1.93 bits per heavy atom. The summed E-state index contributed by atoms with van der Waals surface area (Å²) in [5.41, 5.74) is 0. The van der Waals surface area contributed by atoms with E-state index in [1.54, 1.807) is 0 Å². The third kappa shape index (κ3) is 7.55. The van der Waals surface area contributed by atoms with Gasteiger partial charge in [0, 0.05) is 13.7 Å². The second-order valence-corrected chi connectivity index (χ2v) is 3.16. The van der Waals surface area contributed by atoms with Gasteiger partial charge in [-0.1, -0.05) is 0 Å². The lowest BCUT2D eigenvalue weighted by Gasteiger charge is -2.15. The molecule has 0 aliphatic carbocycles. The Balaban J connectivity index is 3.46. The van der Waals surface area contributed by atoms with Crippen molar-refractivity contribution >= 4 is 0 Å². The summed E-state index contributed by atoms with van der Waals surface area (Å²) in [4.78, 5) is 0. The van der Waals surface area contributed by atoms with Crippen molar-refractivity contribution in [2.24, 2.45) is 0 Å². The van der Waals surface area contributed by atoms with Crippen molar-refractivity contribution in [1.82, 2.24) is 5.32 Å². The number of nitrogens with one attached hydrogen (secondary N) is 1. The maximum atomic E-state index is 11.8. The lowest BCUT2D eigenvalue weighted by molar-refractivity contribution is -0.201. The Hall–Kier alpha value is -0.370. The number of ether oxygens (including phenoxy) is 1. The van der Waals surface area contributed by atoms with Crippen molar-refractivity contribution in [2.45, 2.75) is 24.8 Å². The highest BCUT2D eigenvalue weighted by Crippen LogP contribution is 2.19. The molecule has 92 valence electrons. The minimum atomic E-state index is -4.60. The van der Waals surface area contributed by atoms with Gasteiger partial charge >= 0.3 is 6.18 Å². The van der Waals surface area contributed by atoms with Gasteiger partial charge in [0.2, 0.25) is 0 Å². The topological polar surface area (TPSA) is 61.7 Å². The summed E-state index contributed by atoms with van der Waals surface area (Å²) in [7, 11) is 1.42. The van der Waals surface area contributed by atoms with Crippen LogP contribution in [0.5, 0.6) is 0 Å². The fourth-order valence-electron chi connectivity index (χ4n) is 0.899. The number of halogens is 3. The molecule has 4 nitrogen and oxygen atoms in total. The molecule has 0 radical (unpaired) electrons. The van der Waals surface area contributed by atoms with E-state index in [0.717, 1.165) is 0 Å². The molecule has 7 heteroatoms. The Labute approximate surface area is 86.0 Å². The van der Waals surface area contributed by atoms with Crippen molar-refractivity contribution < 1.29 is 28.1 Å². The minimum absolute atomic E-state index is 0.142. The van der Waals surface area contributed by atoms with Crippen LogP contribution in [0, 0.1) is 0 Å². The predicted molar refractivity (Wildman–Crippen MR) is 47.4 cm³/mol. The standard InChI is InChI=1S/C8H16F3NO3/c1-15-5-6(13)2-3-12-4-7(14)8(9,10)11/h6-7,12-14H,2-5H2,1H3. The Bertz CT molecular complexity index is 166. The third-order valence-corrected chi connectivity index (χ3v) is 1.73. The third-order valence-electron chi connectivity index (χ3n) is 1.73. The molecule has 2 atom stereocenters. The zero-order valence-corrected chi connectivity index (χ0v) is 8.42. The quantitative estimate of drug-likeness (QED) is 0.535. The van der Waals surface area contributed by atoms with Gasteiger partial charge in [-0.25, -0.2) is 0 Å². The highest BCUT2D eigenvalue weighted by atomic mass is 19.4. The van der Waals surface area contributed by atoms with Crippen molar-refractivity contribution in [3.05, 3.63) is 0 Å². The van der Waals surface area contributed by atoms with E-state index in [9.17, 15) is 13.2 Å². The zero-order chi connectivity index (χ0) is 11.9. The predicted octanol–water partition coefficient (Wildman–Crippen LogP) is -0.103. The van der Waals surface area contributed by atoms with Crippen molar-refractivity contribution in [1.29, 1.82) is 0 Å². The van der Waals surface area contributed by atoms with E-state index in [2.05, 4.69) is 10.1 Å². The maximum Gasteiger partial charge on any atom is 0.415 e. The van der Waals surface area contributed by atoms with Crippen LogP contribution in [-0.2, 0) is 4.74 Å². The van der Waals surface area contributed by atoms with Crippen LogP contribution in [-0.4, -0.2) is 55.4 Å². The summed E-state index contributed by atoms with van der Waals surface area (Å²) in [5, 5.41) is 20.1. The fraction of sp³-hybridized carbons (Fsp3) is 1.00. The number of aliphatic hydroxyl groups excluding tert-OH is 2. The van der Waals surface area contributed by atoms with Gasteiger partial charge in [0.1, 0.15) is 0 Å². The van der Waals surface area contributed by atoms with Crippen LogP contribution in [0.3, 0.4) is 0 Å². The number of alkyl halides is 3. The van der Waals surface area contributed by atoms with E-state index in [4.69, 9.17) is 10.2 Å². The first-order valence-corrected chi connectivity index (χ1v) is 4.50. The second-order valence-electron chi connectivity index (χ2n) is 3.16. The largest absolute Gasteiger partial charge is 0.415 e. The molecule has 0 bridgehead atoms. The molecule has 0 aromatic carbocycles. The molecule has 3 N–H and O–H groups in total. The SMILES string of the molecule is COCC(O)CCNCC(O)C(F)(F)F. The molecule has 0 aliphatic rings. The number of aliphatic hydroxyl groups is 2. The summed E-state index contributed by atoms with van der Waals surface area (Å²) < 4.78 is 40.0. The van der Waals surface area contributed by atoms with Crippen LogP contribution in [0.15, 0.2) is 0 Å². The number of hydrogen-bond acceptors (Lipinski definition) is 4. The van der Waals surface area contributed by atoms with Gasteiger partial charge in [-0.15, -0.1) is 0 Å². The normalized spacial score (nSPS) is 16.4. The molecule has 15 heavy (non-hydrogen) atoms. The van der Waals surface area contributed by atoms with E-state index in [-0.39, 0.29) is 19.6 Å². The first kappa shape index (κ1) is 14.6. The van der Waals surface area contributed by atoms with Crippen LogP contribution in [0.25, 0.3) is 0 Å². The van der Waals surface area contributed by atoms with Crippen LogP contribution in [0.1, 0.15) is 6.42 Å². The monoisotopic (exact) mass is 231 g/mol. The average Bonchev–Trinajstić information content (AvgIpc) is 2.11. The van der Waals surface area contributed by atoms with Gasteiger partial charge < -0.3 is 20.3 Å². The molecule has 0 amide bonds. The molecule has 0 spiro atoms. The lowest BCUT2D eigenvalue weighted by Crippen LogP contribution is -2.39. The van der Waals surface area contributed by atoms with Crippen LogP contribution >= 0.6 is 0 Å². The van der Waals surface area contributed by atoms with Gasteiger partial charge in [0.15, 0.2) is 6.10 Å². The highest BCUT2D eigenvalue weighted by Gasteiger charge is 2.37. The van der Waals surface area contributed by atoms with Gasteiger partial charge in [0.05, 0.1) is 12.7 Å². The van der Waals surface area contributed by atoms with Crippen molar-refractivity contribution in [3.8, 4) is 0 Å². The van der Waals surface area contributed by atoms with Gasteiger partial charge in [0.25, 0.3) is 0 Å². The summed E-state index contributed by atoms with van der Waals surface area (Å²) in [6.45, 7) is -0.232. The van der Waals surface area contributed by atoms with Crippen molar-refractivity contribution in [3.63, 3.8) is 0 Å². The Kier molecular flexibility index (Phi) is 6.82. The molecular weight excluding hydrogens is 215 g/mol. The molecule has 0 saturated heterocycles. The molecule has 0 saturated carbocycles. The van der Waals surface area contributed by atoms with E-state index < -0.39 is 24.9 Å². The first-order chi connectivity index (χ1) is 6.88. The smallest absolute Gasteiger partial charge is 0.391 e. The number of methoxy groups -OCH3 is 1. The molecule has 0 heterocycles. The average molecular weight is 231 g/mol. The minimum Gasteiger partial charge on any atom is -0.391 e. The molecular formula is C8H16F3NO3. The second kappa shape index (κ2) is 7.00. The van der Waals surface area contributed by atoms with Crippen molar-refractivity contribution in [2.75, 3.05) is 26.8 Å². The highest BCUT2D eigenvalue weighted by molar-refractivity contribution is 4.68. The van der Waals surface area contributed by atoms with E-state index in [1.165, 1.54) is 7.11 Å². The number of rotatable bonds is 7. The van der Waals surface area contributed by atoms with Crippen LogP contribution in [0.4, 0.5) is 13.2 Å². The molecule has 0 aromatic rings. The van der Waals surface area contributed by atoms with Crippen LogP contribution in [0.2, 0.25) is 0 Å². The molecule has 0 aliphatic heterocycles. The summed E-state index contributed by atoms with van der Waals surface area (Å²) in [6.07, 6.45) is -7.39. The zero-order valence-electron chi connectivity index (χ0n) is 8.42. The first-order valence-electron chi connectivity index (χ1n) is 4.50. The summed E-state index contributed by atoms with van der Waals surface area (Å²) >= 11 is 0. The van der Waals surface area contributed by atoms with E-state index >= 15 is 0 Å². The summed E-state index contributed by atoms with van der Waals surface area (Å²) in [5.74, 6) is 0. The van der Waals surface area contributed by atoms with Gasteiger partial charge in [-0.3, -0.25) is 0 Å². The Morgan fingerprint density at radius 3 is 2.40 bits per heavy atom. The van der Waals surface area contributed by atoms with E-state index in [1.807, 2.05) is 0 Å².